The van der Waals surface area contributed by atoms with Gasteiger partial charge in [-0.15, -0.1) is 0 Å². The molecule has 0 spiro atoms. The number of hydrogen-bond acceptors (Lipinski definition) is 1. The molecule has 1 nitrogen and oxygen atoms in total. The van der Waals surface area contributed by atoms with Crippen molar-refractivity contribution >= 4 is 0 Å². The van der Waals surface area contributed by atoms with Crippen LogP contribution in [0.1, 0.15) is 57.9 Å². The lowest BCUT2D eigenvalue weighted by Gasteiger charge is -2.20. The van der Waals surface area contributed by atoms with Crippen LogP contribution < -0.4 is 5.32 Å². The molecule has 2 heteroatoms. The van der Waals surface area contributed by atoms with Gasteiger partial charge in [0.1, 0.15) is 5.82 Å². The quantitative estimate of drug-likeness (QED) is 0.671. The fourth-order valence-electron chi connectivity index (χ4n) is 2.17. The molecular formula is C16H26FN. The highest BCUT2D eigenvalue weighted by molar-refractivity contribution is 5.21. The Morgan fingerprint density at radius 2 is 2.00 bits per heavy atom. The number of rotatable bonds is 8. The third-order valence-corrected chi connectivity index (χ3v) is 3.25. The molecule has 102 valence electrons. The predicted molar refractivity (Wildman–Crippen MR) is 76.4 cm³/mol. The van der Waals surface area contributed by atoms with Crippen molar-refractivity contribution in [1.29, 1.82) is 0 Å². The molecule has 1 aromatic carbocycles. The van der Waals surface area contributed by atoms with Gasteiger partial charge in [0.15, 0.2) is 0 Å². The first-order chi connectivity index (χ1) is 8.63. The van der Waals surface area contributed by atoms with Crippen LogP contribution in [0.5, 0.6) is 0 Å². The van der Waals surface area contributed by atoms with Gasteiger partial charge in [-0.05, 0) is 30.0 Å². The summed E-state index contributed by atoms with van der Waals surface area (Å²) in [5.74, 6) is 0.298. The van der Waals surface area contributed by atoms with Crippen LogP contribution in [0.25, 0.3) is 0 Å². The minimum Gasteiger partial charge on any atom is -0.314 e. The molecule has 0 bridgehead atoms. The lowest BCUT2D eigenvalue weighted by atomic mass is 9.93. The molecule has 1 rings (SSSR count). The van der Waals surface area contributed by atoms with Crippen molar-refractivity contribution < 1.29 is 4.39 Å². The second kappa shape index (κ2) is 8.25. The summed E-state index contributed by atoms with van der Waals surface area (Å²) in [6.45, 7) is 7.44. The molecule has 0 heterocycles. The van der Waals surface area contributed by atoms with Crippen molar-refractivity contribution in [2.24, 2.45) is 0 Å². The lowest BCUT2D eigenvalue weighted by molar-refractivity contribution is 0.487. The summed E-state index contributed by atoms with van der Waals surface area (Å²) in [5.41, 5.74) is 1.12. The summed E-state index contributed by atoms with van der Waals surface area (Å²) in [5, 5.41) is 3.47. The molecule has 0 fully saturated rings. The van der Waals surface area contributed by atoms with E-state index in [2.05, 4.69) is 26.1 Å². The summed E-state index contributed by atoms with van der Waals surface area (Å²) in [6.07, 6.45) is 4.84. The Morgan fingerprint density at radius 1 is 1.22 bits per heavy atom. The first-order valence-corrected chi connectivity index (χ1v) is 7.12. The van der Waals surface area contributed by atoms with Crippen LogP contribution in [-0.4, -0.2) is 12.6 Å². The van der Waals surface area contributed by atoms with Gasteiger partial charge in [0.2, 0.25) is 0 Å². The maximum absolute atomic E-state index is 13.3. The Bertz CT molecular complexity index is 336. The molecule has 0 aromatic heterocycles. The largest absolute Gasteiger partial charge is 0.314 e. The van der Waals surface area contributed by atoms with E-state index in [0.717, 1.165) is 18.5 Å². The average Bonchev–Trinajstić information content (AvgIpc) is 2.33. The van der Waals surface area contributed by atoms with E-state index in [1.807, 2.05) is 12.1 Å². The molecule has 0 aliphatic rings. The minimum atomic E-state index is -0.127. The van der Waals surface area contributed by atoms with Gasteiger partial charge in [-0.2, -0.15) is 0 Å². The van der Waals surface area contributed by atoms with E-state index < -0.39 is 0 Å². The summed E-state index contributed by atoms with van der Waals surface area (Å²) in [7, 11) is 0. The van der Waals surface area contributed by atoms with Crippen molar-refractivity contribution in [3.8, 4) is 0 Å². The number of unbranched alkanes of at least 4 members (excludes halogenated alkanes) is 2. The number of hydrogen-bond donors (Lipinski definition) is 1. The molecular weight excluding hydrogens is 225 g/mol. The fraction of sp³-hybridized carbons (Fsp3) is 0.625. The van der Waals surface area contributed by atoms with Crippen LogP contribution in [0.3, 0.4) is 0 Å². The Balaban J connectivity index is 2.63. The van der Waals surface area contributed by atoms with Gasteiger partial charge in [-0.3, -0.25) is 0 Å². The maximum atomic E-state index is 13.3. The molecule has 1 unspecified atom stereocenters. The molecule has 1 N–H and O–H groups in total. The molecule has 0 amide bonds. The Hall–Kier alpha value is -0.890. The van der Waals surface area contributed by atoms with Gasteiger partial charge in [-0.25, -0.2) is 4.39 Å². The highest BCUT2D eigenvalue weighted by atomic mass is 19.1. The zero-order valence-corrected chi connectivity index (χ0v) is 11.9. The highest BCUT2D eigenvalue weighted by Gasteiger charge is 2.12. The third kappa shape index (κ3) is 5.63. The molecule has 0 saturated heterocycles. The summed E-state index contributed by atoms with van der Waals surface area (Å²) < 4.78 is 13.3. The van der Waals surface area contributed by atoms with Gasteiger partial charge in [0.05, 0.1) is 0 Å². The van der Waals surface area contributed by atoms with E-state index >= 15 is 0 Å². The molecule has 0 saturated carbocycles. The Morgan fingerprint density at radius 3 is 2.61 bits per heavy atom. The first-order valence-electron chi connectivity index (χ1n) is 7.12. The summed E-state index contributed by atoms with van der Waals surface area (Å²) in [4.78, 5) is 0. The number of benzene rings is 1. The van der Waals surface area contributed by atoms with Crippen LogP contribution >= 0.6 is 0 Å². The number of halogens is 1. The second-order valence-corrected chi connectivity index (χ2v) is 5.31. The topological polar surface area (TPSA) is 12.0 Å². The third-order valence-electron chi connectivity index (χ3n) is 3.25. The zero-order chi connectivity index (χ0) is 13.4. The fourth-order valence-corrected chi connectivity index (χ4v) is 2.17. The number of nitrogens with one attached hydrogen (secondary N) is 1. The van der Waals surface area contributed by atoms with Crippen molar-refractivity contribution in [3.63, 3.8) is 0 Å². The molecule has 0 aliphatic heterocycles. The van der Waals surface area contributed by atoms with E-state index in [0.29, 0.717) is 12.0 Å². The SMILES string of the molecule is CCCCCC(CNC(C)C)c1cccc(F)c1. The van der Waals surface area contributed by atoms with Gasteiger partial charge >= 0.3 is 0 Å². The molecule has 0 aliphatic carbocycles. The first kappa shape index (κ1) is 15.2. The van der Waals surface area contributed by atoms with E-state index in [4.69, 9.17) is 0 Å². The van der Waals surface area contributed by atoms with Crippen LogP contribution in [-0.2, 0) is 0 Å². The van der Waals surface area contributed by atoms with E-state index in [-0.39, 0.29) is 5.82 Å². The minimum absolute atomic E-state index is 0.127. The normalized spacial score (nSPS) is 12.9. The van der Waals surface area contributed by atoms with Crippen LogP contribution in [0.4, 0.5) is 4.39 Å². The van der Waals surface area contributed by atoms with E-state index in [1.54, 1.807) is 6.07 Å². The predicted octanol–water partition coefficient (Wildman–Crippen LogP) is 4.49. The van der Waals surface area contributed by atoms with Gasteiger partial charge in [-0.1, -0.05) is 52.2 Å². The second-order valence-electron chi connectivity index (χ2n) is 5.31. The standard InChI is InChI=1S/C16H26FN/c1-4-5-6-8-15(12-18-13(2)3)14-9-7-10-16(17)11-14/h7,9-11,13,15,18H,4-6,8,12H2,1-3H3. The Kier molecular flexibility index (Phi) is 6.96. The molecule has 18 heavy (non-hydrogen) atoms. The van der Waals surface area contributed by atoms with Crippen LogP contribution in [0.15, 0.2) is 24.3 Å². The van der Waals surface area contributed by atoms with E-state index in [9.17, 15) is 4.39 Å². The van der Waals surface area contributed by atoms with E-state index in [1.165, 1.54) is 25.3 Å². The van der Waals surface area contributed by atoms with Crippen molar-refractivity contribution in [2.45, 2.75) is 58.4 Å². The van der Waals surface area contributed by atoms with Crippen LogP contribution in [0.2, 0.25) is 0 Å². The van der Waals surface area contributed by atoms with Gasteiger partial charge < -0.3 is 5.32 Å². The molecule has 1 aromatic rings. The van der Waals surface area contributed by atoms with Crippen molar-refractivity contribution in [3.05, 3.63) is 35.6 Å². The highest BCUT2D eigenvalue weighted by Crippen LogP contribution is 2.22. The van der Waals surface area contributed by atoms with Crippen molar-refractivity contribution in [2.75, 3.05) is 6.54 Å². The average molecular weight is 251 g/mol. The molecule has 0 radical (unpaired) electrons. The summed E-state index contributed by atoms with van der Waals surface area (Å²) >= 11 is 0. The zero-order valence-electron chi connectivity index (χ0n) is 11.9. The monoisotopic (exact) mass is 251 g/mol. The maximum Gasteiger partial charge on any atom is 0.123 e. The smallest absolute Gasteiger partial charge is 0.123 e. The lowest BCUT2D eigenvalue weighted by Crippen LogP contribution is -2.28. The van der Waals surface area contributed by atoms with Crippen molar-refractivity contribution in [1.82, 2.24) is 5.32 Å². The van der Waals surface area contributed by atoms with Gasteiger partial charge in [0.25, 0.3) is 0 Å². The summed E-state index contributed by atoms with van der Waals surface area (Å²) in [6, 6.07) is 7.53. The van der Waals surface area contributed by atoms with Gasteiger partial charge in [0, 0.05) is 12.6 Å². The molecule has 1 atom stereocenters. The Labute approximate surface area is 111 Å². The van der Waals surface area contributed by atoms with Crippen LogP contribution in [0, 0.1) is 5.82 Å².